The van der Waals surface area contributed by atoms with E-state index in [-0.39, 0.29) is 11.8 Å². The largest absolute Gasteiger partial charge is 0.497 e. The first kappa shape index (κ1) is 17.4. The van der Waals surface area contributed by atoms with Gasteiger partial charge in [0.2, 0.25) is 17.6 Å². The monoisotopic (exact) mass is 344 g/mol. The minimum absolute atomic E-state index is 0.126. The molecule has 0 bridgehead atoms. The summed E-state index contributed by atoms with van der Waals surface area (Å²) in [6.45, 7) is 2.34. The zero-order valence-electron chi connectivity index (χ0n) is 14.9. The van der Waals surface area contributed by atoms with E-state index in [9.17, 15) is 4.79 Å². The Kier molecular flexibility index (Phi) is 5.33. The van der Waals surface area contributed by atoms with E-state index in [1.807, 2.05) is 38.4 Å². The van der Waals surface area contributed by atoms with Crippen LogP contribution in [0.2, 0.25) is 0 Å². The molecule has 2 heterocycles. The molecular weight excluding hydrogens is 320 g/mol. The predicted octanol–water partition coefficient (Wildman–Crippen LogP) is 2.05. The smallest absolute Gasteiger partial charge is 0.241 e. The minimum Gasteiger partial charge on any atom is -0.497 e. The number of benzene rings is 1. The van der Waals surface area contributed by atoms with Crippen LogP contribution in [0.15, 0.2) is 28.8 Å². The molecule has 0 saturated carbocycles. The summed E-state index contributed by atoms with van der Waals surface area (Å²) in [5.74, 6) is 2.26. The maximum Gasteiger partial charge on any atom is 0.241 e. The second-order valence-corrected chi connectivity index (χ2v) is 6.53. The van der Waals surface area contributed by atoms with Crippen molar-refractivity contribution < 1.29 is 14.1 Å². The summed E-state index contributed by atoms with van der Waals surface area (Å²) >= 11 is 0. The Balaban J connectivity index is 1.58. The summed E-state index contributed by atoms with van der Waals surface area (Å²) in [5.41, 5.74) is 0.865. The second-order valence-electron chi connectivity index (χ2n) is 6.53. The molecule has 1 aromatic carbocycles. The Labute approximate surface area is 147 Å². The van der Waals surface area contributed by atoms with Gasteiger partial charge in [0, 0.05) is 25.6 Å². The molecule has 0 radical (unpaired) electrons. The highest BCUT2D eigenvalue weighted by molar-refractivity contribution is 5.78. The number of rotatable bonds is 5. The third-order valence-corrected chi connectivity index (χ3v) is 4.53. The number of nitrogens with zero attached hydrogens (tertiary/aromatic N) is 4. The molecule has 0 N–H and O–H groups in total. The van der Waals surface area contributed by atoms with Crippen molar-refractivity contribution in [3.63, 3.8) is 0 Å². The molecule has 0 aliphatic carbocycles. The number of piperidine rings is 1. The van der Waals surface area contributed by atoms with Gasteiger partial charge in [0.1, 0.15) is 5.75 Å². The molecule has 7 heteroatoms. The Morgan fingerprint density at radius 2 is 2.12 bits per heavy atom. The standard InChI is InChI=1S/C18H24N4O3/c1-21(2)18(23)13-7-9-22(10-8-13)12-16-19-17(20-25-16)14-5-4-6-15(11-14)24-3/h4-6,11,13H,7-10,12H2,1-3H3. The van der Waals surface area contributed by atoms with Crippen molar-refractivity contribution in [2.75, 3.05) is 34.3 Å². The van der Waals surface area contributed by atoms with Crippen molar-refractivity contribution in [3.8, 4) is 17.1 Å². The average molecular weight is 344 g/mol. The van der Waals surface area contributed by atoms with E-state index in [1.165, 1.54) is 0 Å². The average Bonchev–Trinajstić information content (AvgIpc) is 3.10. The lowest BCUT2D eigenvalue weighted by Crippen LogP contribution is -2.39. The molecule has 7 nitrogen and oxygen atoms in total. The van der Waals surface area contributed by atoms with E-state index in [0.29, 0.717) is 18.3 Å². The van der Waals surface area contributed by atoms with Gasteiger partial charge in [-0.25, -0.2) is 0 Å². The lowest BCUT2D eigenvalue weighted by atomic mass is 9.95. The molecule has 25 heavy (non-hydrogen) atoms. The number of methoxy groups -OCH3 is 1. The van der Waals surface area contributed by atoms with Crippen molar-refractivity contribution in [2.45, 2.75) is 19.4 Å². The van der Waals surface area contributed by atoms with E-state index in [2.05, 4.69) is 15.0 Å². The SMILES string of the molecule is COc1cccc(-c2noc(CN3CCC(C(=O)N(C)C)CC3)n2)c1. The molecular formula is C18H24N4O3. The number of aromatic nitrogens is 2. The molecule has 0 atom stereocenters. The van der Waals surface area contributed by atoms with E-state index in [4.69, 9.17) is 9.26 Å². The lowest BCUT2D eigenvalue weighted by molar-refractivity contribution is -0.134. The maximum absolute atomic E-state index is 12.0. The molecule has 0 unspecified atom stereocenters. The van der Waals surface area contributed by atoms with Crippen LogP contribution in [-0.4, -0.2) is 60.1 Å². The van der Waals surface area contributed by atoms with Crippen LogP contribution in [-0.2, 0) is 11.3 Å². The topological polar surface area (TPSA) is 71.7 Å². The molecule has 134 valence electrons. The highest BCUT2D eigenvalue weighted by Crippen LogP contribution is 2.23. The molecule has 1 aliphatic rings. The van der Waals surface area contributed by atoms with Crippen LogP contribution in [0.1, 0.15) is 18.7 Å². The zero-order chi connectivity index (χ0) is 17.8. The summed E-state index contributed by atoms with van der Waals surface area (Å²) < 4.78 is 10.6. The number of carbonyl (C=O) groups is 1. The van der Waals surface area contributed by atoms with E-state index in [0.717, 1.165) is 37.2 Å². The van der Waals surface area contributed by atoms with Crippen LogP contribution in [0.25, 0.3) is 11.4 Å². The Hall–Kier alpha value is -2.41. The normalized spacial score (nSPS) is 16.0. The van der Waals surface area contributed by atoms with Gasteiger partial charge in [-0.05, 0) is 38.1 Å². The molecule has 1 amide bonds. The minimum atomic E-state index is 0.126. The number of ether oxygens (including phenoxy) is 1. The van der Waals surface area contributed by atoms with Gasteiger partial charge in [-0.2, -0.15) is 4.98 Å². The Morgan fingerprint density at radius 1 is 1.36 bits per heavy atom. The van der Waals surface area contributed by atoms with Crippen LogP contribution in [0.3, 0.4) is 0 Å². The van der Waals surface area contributed by atoms with Crippen LogP contribution >= 0.6 is 0 Å². The molecule has 2 aromatic rings. The van der Waals surface area contributed by atoms with Gasteiger partial charge >= 0.3 is 0 Å². The molecule has 0 spiro atoms. The summed E-state index contributed by atoms with van der Waals surface area (Å²) in [6.07, 6.45) is 1.74. The van der Waals surface area contributed by atoms with Crippen LogP contribution in [0.5, 0.6) is 5.75 Å². The van der Waals surface area contributed by atoms with Gasteiger partial charge in [-0.15, -0.1) is 0 Å². The van der Waals surface area contributed by atoms with E-state index >= 15 is 0 Å². The fraction of sp³-hybridized carbons (Fsp3) is 0.500. The molecule has 1 aliphatic heterocycles. The molecule has 3 rings (SSSR count). The van der Waals surface area contributed by atoms with Gasteiger partial charge in [0.15, 0.2) is 0 Å². The van der Waals surface area contributed by atoms with Crippen molar-refractivity contribution in [2.24, 2.45) is 5.92 Å². The second kappa shape index (κ2) is 7.65. The fourth-order valence-electron chi connectivity index (χ4n) is 3.09. The van der Waals surface area contributed by atoms with Gasteiger partial charge in [-0.1, -0.05) is 17.3 Å². The van der Waals surface area contributed by atoms with Crippen molar-refractivity contribution in [3.05, 3.63) is 30.2 Å². The maximum atomic E-state index is 12.0. The van der Waals surface area contributed by atoms with Crippen molar-refractivity contribution in [1.29, 1.82) is 0 Å². The zero-order valence-corrected chi connectivity index (χ0v) is 14.9. The first-order valence-corrected chi connectivity index (χ1v) is 8.47. The first-order chi connectivity index (χ1) is 12.1. The quantitative estimate of drug-likeness (QED) is 0.827. The fourth-order valence-corrected chi connectivity index (χ4v) is 3.09. The number of likely N-dealkylation sites (tertiary alicyclic amines) is 1. The number of hydrogen-bond donors (Lipinski definition) is 0. The summed E-state index contributed by atoms with van der Waals surface area (Å²) in [7, 11) is 5.26. The Bertz CT molecular complexity index is 721. The third-order valence-electron chi connectivity index (χ3n) is 4.53. The lowest BCUT2D eigenvalue weighted by Gasteiger charge is -2.31. The van der Waals surface area contributed by atoms with E-state index < -0.39 is 0 Å². The molecule has 1 fully saturated rings. The third kappa shape index (κ3) is 4.17. The van der Waals surface area contributed by atoms with E-state index in [1.54, 1.807) is 12.0 Å². The van der Waals surface area contributed by atoms with Crippen molar-refractivity contribution in [1.82, 2.24) is 19.9 Å². The van der Waals surface area contributed by atoms with Crippen LogP contribution < -0.4 is 4.74 Å². The number of carbonyl (C=O) groups excluding carboxylic acids is 1. The van der Waals surface area contributed by atoms with Crippen molar-refractivity contribution >= 4 is 5.91 Å². The highest BCUT2D eigenvalue weighted by atomic mass is 16.5. The van der Waals surface area contributed by atoms with Crippen LogP contribution in [0.4, 0.5) is 0 Å². The van der Waals surface area contributed by atoms with Crippen LogP contribution in [0, 0.1) is 5.92 Å². The summed E-state index contributed by atoms with van der Waals surface area (Å²) in [5, 5.41) is 4.06. The van der Waals surface area contributed by atoms with Gasteiger partial charge < -0.3 is 14.2 Å². The Morgan fingerprint density at radius 3 is 2.80 bits per heavy atom. The predicted molar refractivity (Wildman–Crippen MR) is 93.0 cm³/mol. The molecule has 1 aromatic heterocycles. The summed E-state index contributed by atoms with van der Waals surface area (Å²) in [6, 6.07) is 7.59. The van der Waals surface area contributed by atoms with Gasteiger partial charge in [0.25, 0.3) is 0 Å². The molecule has 1 saturated heterocycles. The number of hydrogen-bond acceptors (Lipinski definition) is 6. The highest BCUT2D eigenvalue weighted by Gasteiger charge is 2.26. The number of amides is 1. The van der Waals surface area contributed by atoms with Gasteiger partial charge in [-0.3, -0.25) is 9.69 Å². The van der Waals surface area contributed by atoms with Gasteiger partial charge in [0.05, 0.1) is 13.7 Å². The summed E-state index contributed by atoms with van der Waals surface area (Å²) in [4.78, 5) is 20.4. The first-order valence-electron chi connectivity index (χ1n) is 8.47.